The number of hydrogen-bond donors (Lipinski definition) is 1. The number of hydrogen-bond acceptors (Lipinski definition) is 11. The molecule has 2 aliphatic rings. The number of rotatable bonds is 10. The van der Waals surface area contributed by atoms with Gasteiger partial charge in [0.05, 0.1) is 32.6 Å². The van der Waals surface area contributed by atoms with Gasteiger partial charge in [0.25, 0.3) is 0 Å². The molecule has 4 heterocycles. The Morgan fingerprint density at radius 1 is 1.00 bits per heavy atom. The van der Waals surface area contributed by atoms with Crippen LogP contribution in [0, 0.1) is 5.82 Å². The second-order valence-corrected chi connectivity index (χ2v) is 10.8. The number of piperidine rings is 1. The van der Waals surface area contributed by atoms with Gasteiger partial charge in [-0.25, -0.2) is 19.0 Å². The summed E-state index contributed by atoms with van der Waals surface area (Å²) >= 11 is 0. The first-order chi connectivity index (χ1) is 21.1. The predicted octanol–water partition coefficient (Wildman–Crippen LogP) is 3.79. The average Bonchev–Trinajstić information content (AvgIpc) is 3.56. The van der Waals surface area contributed by atoms with Crippen molar-refractivity contribution >= 4 is 17.3 Å². The van der Waals surface area contributed by atoms with Crippen LogP contribution < -0.4 is 19.7 Å². The lowest BCUT2D eigenvalue weighted by molar-refractivity contribution is 0.0115. The Morgan fingerprint density at radius 3 is 2.51 bits per heavy atom. The molecule has 0 unspecified atom stereocenters. The maximum atomic E-state index is 14.5. The summed E-state index contributed by atoms with van der Waals surface area (Å²) in [5, 5.41) is 14.3. The molecule has 2 aromatic heterocycles. The van der Waals surface area contributed by atoms with Crippen molar-refractivity contribution < 1.29 is 18.6 Å². The smallest absolute Gasteiger partial charge is 0.227 e. The third-order valence-corrected chi connectivity index (χ3v) is 7.90. The van der Waals surface area contributed by atoms with Gasteiger partial charge >= 0.3 is 0 Å². The SMILES string of the molecule is COc1cc(N2CCC(N3CCOCC3)CC2)ccc1Nc1ncc(-c2ccc(F)c(O[C@@H](C)Cn3cnnn3)c2)cn1. The van der Waals surface area contributed by atoms with Crippen LogP contribution in [0.2, 0.25) is 0 Å². The molecule has 2 fully saturated rings. The first-order valence-electron chi connectivity index (χ1n) is 14.6. The number of tetrazole rings is 1. The number of nitrogens with zero attached hydrogens (tertiary/aromatic N) is 8. The monoisotopic (exact) mass is 589 g/mol. The lowest BCUT2D eigenvalue weighted by Gasteiger charge is -2.40. The number of benzene rings is 2. The lowest BCUT2D eigenvalue weighted by atomic mass is 10.0. The molecule has 1 N–H and O–H groups in total. The summed E-state index contributed by atoms with van der Waals surface area (Å²) < 4.78 is 33.1. The van der Waals surface area contributed by atoms with E-state index in [9.17, 15) is 4.39 Å². The molecule has 13 heteroatoms. The lowest BCUT2D eigenvalue weighted by Crippen LogP contribution is -2.49. The van der Waals surface area contributed by atoms with Gasteiger partial charge < -0.3 is 24.4 Å². The van der Waals surface area contributed by atoms with Crippen molar-refractivity contribution in [3.8, 4) is 22.6 Å². The van der Waals surface area contributed by atoms with Gasteiger partial charge in [0, 0.05) is 61.9 Å². The quantitative estimate of drug-likeness (QED) is 0.291. The second-order valence-electron chi connectivity index (χ2n) is 10.8. The van der Waals surface area contributed by atoms with Crippen LogP contribution >= 0.6 is 0 Å². The average molecular weight is 590 g/mol. The van der Waals surface area contributed by atoms with Crippen LogP contribution in [0.1, 0.15) is 19.8 Å². The van der Waals surface area contributed by atoms with Gasteiger partial charge in [0.1, 0.15) is 18.2 Å². The third kappa shape index (κ3) is 7.00. The van der Waals surface area contributed by atoms with Crippen molar-refractivity contribution in [2.75, 3.05) is 56.7 Å². The Hall–Kier alpha value is -4.36. The summed E-state index contributed by atoms with van der Waals surface area (Å²) in [4.78, 5) is 14.0. The van der Waals surface area contributed by atoms with Crippen LogP contribution in [0.25, 0.3) is 11.1 Å². The maximum absolute atomic E-state index is 14.5. The number of morpholine rings is 1. The van der Waals surface area contributed by atoms with Crippen molar-refractivity contribution in [1.82, 2.24) is 35.1 Å². The summed E-state index contributed by atoms with van der Waals surface area (Å²) in [6.07, 6.45) is 6.81. The van der Waals surface area contributed by atoms with Crippen molar-refractivity contribution in [2.45, 2.75) is 38.5 Å². The topological polar surface area (TPSA) is 116 Å². The molecular formula is C30H36FN9O3. The highest BCUT2D eigenvalue weighted by atomic mass is 19.1. The summed E-state index contributed by atoms with van der Waals surface area (Å²) in [6.45, 7) is 7.97. The minimum absolute atomic E-state index is 0.135. The van der Waals surface area contributed by atoms with E-state index in [1.165, 1.54) is 17.1 Å². The van der Waals surface area contributed by atoms with E-state index in [1.54, 1.807) is 31.6 Å². The highest BCUT2D eigenvalue weighted by Crippen LogP contribution is 2.33. The number of anilines is 3. The van der Waals surface area contributed by atoms with E-state index in [0.29, 0.717) is 18.5 Å². The zero-order valence-electron chi connectivity index (χ0n) is 24.4. The van der Waals surface area contributed by atoms with Crippen LogP contribution in [-0.4, -0.2) is 93.7 Å². The minimum atomic E-state index is -0.455. The van der Waals surface area contributed by atoms with Crippen LogP contribution in [-0.2, 0) is 11.3 Å². The fourth-order valence-corrected chi connectivity index (χ4v) is 5.63. The Balaban J connectivity index is 1.08. The molecule has 2 aliphatic heterocycles. The van der Waals surface area contributed by atoms with E-state index in [1.807, 2.05) is 13.0 Å². The van der Waals surface area contributed by atoms with E-state index in [4.69, 9.17) is 14.2 Å². The number of nitrogens with one attached hydrogen (secondary N) is 1. The largest absolute Gasteiger partial charge is 0.494 e. The van der Waals surface area contributed by atoms with Crippen LogP contribution in [0.4, 0.5) is 21.7 Å². The molecule has 226 valence electrons. The molecule has 43 heavy (non-hydrogen) atoms. The Kier molecular flexibility index (Phi) is 8.89. The molecule has 4 aromatic rings. The van der Waals surface area contributed by atoms with Gasteiger partial charge in [0.2, 0.25) is 5.95 Å². The molecule has 0 aliphatic carbocycles. The van der Waals surface area contributed by atoms with Crippen LogP contribution in [0.3, 0.4) is 0 Å². The number of ether oxygens (including phenoxy) is 3. The highest BCUT2D eigenvalue weighted by Gasteiger charge is 2.26. The predicted molar refractivity (Wildman–Crippen MR) is 159 cm³/mol. The standard InChI is InChI=1S/C30H36FN9O3/c1-21(19-40-20-34-36-37-40)43-28-15-22(3-5-26(28)31)23-17-32-30(33-18-23)35-27-6-4-25(16-29(27)41-2)38-9-7-24(8-10-38)39-11-13-42-14-12-39/h3-6,15-18,20-21,24H,7-14,19H2,1-2H3,(H,32,33,35)/t21-/m0/s1. The summed E-state index contributed by atoms with van der Waals surface area (Å²) in [7, 11) is 1.66. The molecule has 0 radical (unpaired) electrons. The van der Waals surface area contributed by atoms with E-state index < -0.39 is 5.82 Å². The Morgan fingerprint density at radius 2 is 1.79 bits per heavy atom. The van der Waals surface area contributed by atoms with Gasteiger partial charge in [0.15, 0.2) is 11.6 Å². The van der Waals surface area contributed by atoms with Gasteiger partial charge in [-0.15, -0.1) is 5.10 Å². The van der Waals surface area contributed by atoms with Crippen LogP contribution in [0.5, 0.6) is 11.5 Å². The van der Waals surface area contributed by atoms with E-state index in [0.717, 1.165) is 80.5 Å². The van der Waals surface area contributed by atoms with E-state index in [-0.39, 0.29) is 11.9 Å². The van der Waals surface area contributed by atoms with Crippen molar-refractivity contribution in [3.05, 3.63) is 60.9 Å². The van der Waals surface area contributed by atoms with Crippen molar-refractivity contribution in [2.24, 2.45) is 0 Å². The summed E-state index contributed by atoms with van der Waals surface area (Å²) in [6, 6.07) is 11.5. The second kappa shape index (κ2) is 13.3. The third-order valence-electron chi connectivity index (χ3n) is 7.90. The van der Waals surface area contributed by atoms with Crippen molar-refractivity contribution in [3.63, 3.8) is 0 Å². The minimum Gasteiger partial charge on any atom is -0.494 e. The molecule has 2 saturated heterocycles. The maximum Gasteiger partial charge on any atom is 0.227 e. The molecule has 1 atom stereocenters. The first-order valence-corrected chi connectivity index (χ1v) is 14.6. The van der Waals surface area contributed by atoms with Gasteiger partial charge in [-0.05, 0) is 60.0 Å². The molecule has 0 saturated carbocycles. The fourth-order valence-electron chi connectivity index (χ4n) is 5.63. The summed E-state index contributed by atoms with van der Waals surface area (Å²) in [5.41, 5.74) is 3.38. The van der Waals surface area contributed by atoms with Gasteiger partial charge in [-0.2, -0.15) is 0 Å². The highest BCUT2D eigenvalue weighted by molar-refractivity contribution is 5.69. The number of methoxy groups -OCH3 is 1. The molecule has 6 rings (SSSR count). The van der Waals surface area contributed by atoms with E-state index >= 15 is 0 Å². The number of aromatic nitrogens is 6. The molecule has 12 nitrogen and oxygen atoms in total. The zero-order valence-corrected chi connectivity index (χ0v) is 24.4. The molecule has 0 amide bonds. The molecular weight excluding hydrogens is 553 g/mol. The zero-order chi connectivity index (χ0) is 29.6. The Labute approximate surface area is 249 Å². The first kappa shape index (κ1) is 28.7. The number of halogens is 1. The molecule has 0 bridgehead atoms. The van der Waals surface area contributed by atoms with Gasteiger partial charge in [-0.3, -0.25) is 4.90 Å². The van der Waals surface area contributed by atoms with Crippen molar-refractivity contribution in [1.29, 1.82) is 0 Å². The fraction of sp³-hybridized carbons (Fsp3) is 0.433. The Bertz CT molecular complexity index is 1470. The van der Waals surface area contributed by atoms with E-state index in [2.05, 4.69) is 52.7 Å². The molecule has 2 aromatic carbocycles. The summed E-state index contributed by atoms with van der Waals surface area (Å²) in [5.74, 6) is 0.824. The van der Waals surface area contributed by atoms with Gasteiger partial charge in [-0.1, -0.05) is 6.07 Å². The normalized spacial score (nSPS) is 17.0. The molecule has 0 spiro atoms. The van der Waals surface area contributed by atoms with Crippen LogP contribution in [0.15, 0.2) is 55.1 Å².